The number of carbonyl (C=O) groups is 1. The summed E-state index contributed by atoms with van der Waals surface area (Å²) in [6.07, 6.45) is 0. The summed E-state index contributed by atoms with van der Waals surface area (Å²) in [4.78, 5) is 11.1. The summed E-state index contributed by atoms with van der Waals surface area (Å²) in [5, 5.41) is 12.0. The molecule has 94 valence electrons. The zero-order valence-corrected chi connectivity index (χ0v) is 10.2. The van der Waals surface area contributed by atoms with E-state index in [0.717, 1.165) is 0 Å². The molecule has 5 heteroatoms. The summed E-state index contributed by atoms with van der Waals surface area (Å²) in [5.74, 6) is -0.344. The maximum absolute atomic E-state index is 11.1. The van der Waals surface area contributed by atoms with Gasteiger partial charge in [-0.1, -0.05) is 6.07 Å². The van der Waals surface area contributed by atoms with Gasteiger partial charge in [0.05, 0.1) is 20.1 Å². The van der Waals surface area contributed by atoms with Gasteiger partial charge in [0.15, 0.2) is 11.5 Å². The Morgan fingerprint density at radius 1 is 1.35 bits per heavy atom. The predicted molar refractivity (Wildman–Crippen MR) is 63.8 cm³/mol. The highest BCUT2D eigenvalue weighted by molar-refractivity contribution is 5.76. The highest BCUT2D eigenvalue weighted by Gasteiger charge is 2.20. The molecule has 0 bridgehead atoms. The van der Waals surface area contributed by atoms with Gasteiger partial charge in [-0.05, 0) is 24.7 Å². The van der Waals surface area contributed by atoms with Crippen molar-refractivity contribution in [2.45, 2.75) is 5.92 Å². The van der Waals surface area contributed by atoms with Crippen molar-refractivity contribution < 1.29 is 19.4 Å². The van der Waals surface area contributed by atoms with Crippen LogP contribution in [0.1, 0.15) is 11.5 Å². The number of benzene rings is 1. The molecule has 0 amide bonds. The molecule has 2 N–H and O–H groups in total. The van der Waals surface area contributed by atoms with Gasteiger partial charge in [-0.2, -0.15) is 0 Å². The number of methoxy groups -OCH3 is 2. The summed E-state index contributed by atoms with van der Waals surface area (Å²) >= 11 is 0. The second kappa shape index (κ2) is 6.10. The Labute approximate surface area is 100 Å². The molecule has 0 fully saturated rings. The fraction of sp³-hybridized carbons (Fsp3) is 0.417. The SMILES string of the molecule is CNCC(C(=O)O)c1ccc(OC)c(OC)c1. The third kappa shape index (κ3) is 3.10. The number of carboxylic acids is 1. The van der Waals surface area contributed by atoms with E-state index in [0.29, 0.717) is 23.6 Å². The van der Waals surface area contributed by atoms with Crippen molar-refractivity contribution in [3.05, 3.63) is 23.8 Å². The third-order valence-corrected chi connectivity index (χ3v) is 2.52. The van der Waals surface area contributed by atoms with Gasteiger partial charge in [0.1, 0.15) is 0 Å². The van der Waals surface area contributed by atoms with Crippen molar-refractivity contribution in [2.24, 2.45) is 0 Å². The van der Waals surface area contributed by atoms with E-state index in [9.17, 15) is 4.79 Å². The fourth-order valence-corrected chi connectivity index (χ4v) is 1.62. The number of ether oxygens (including phenoxy) is 2. The van der Waals surface area contributed by atoms with Crippen LogP contribution in [0.4, 0.5) is 0 Å². The topological polar surface area (TPSA) is 67.8 Å². The maximum atomic E-state index is 11.1. The van der Waals surface area contributed by atoms with Gasteiger partial charge in [-0.25, -0.2) is 0 Å². The molecule has 0 spiro atoms. The summed E-state index contributed by atoms with van der Waals surface area (Å²) in [7, 11) is 4.78. The lowest BCUT2D eigenvalue weighted by Gasteiger charge is -2.14. The number of aliphatic carboxylic acids is 1. The Balaban J connectivity index is 3.08. The van der Waals surface area contributed by atoms with Crippen LogP contribution in [0.5, 0.6) is 11.5 Å². The second-order valence-corrected chi connectivity index (χ2v) is 3.56. The molecule has 17 heavy (non-hydrogen) atoms. The predicted octanol–water partition coefficient (Wildman–Crippen LogP) is 1.09. The number of hydrogen-bond donors (Lipinski definition) is 2. The highest BCUT2D eigenvalue weighted by Crippen LogP contribution is 2.30. The lowest BCUT2D eigenvalue weighted by Crippen LogP contribution is -2.24. The van der Waals surface area contributed by atoms with E-state index in [1.165, 1.54) is 7.11 Å². The molecule has 0 saturated heterocycles. The number of rotatable bonds is 6. The number of hydrogen-bond acceptors (Lipinski definition) is 4. The molecule has 0 aliphatic rings. The first-order valence-corrected chi connectivity index (χ1v) is 5.23. The number of carboxylic acid groups (broad SMARTS) is 1. The average Bonchev–Trinajstić information content (AvgIpc) is 2.34. The third-order valence-electron chi connectivity index (χ3n) is 2.52. The van der Waals surface area contributed by atoms with E-state index < -0.39 is 11.9 Å². The molecule has 0 aromatic heterocycles. The maximum Gasteiger partial charge on any atom is 0.312 e. The van der Waals surface area contributed by atoms with Crippen molar-refractivity contribution in [3.63, 3.8) is 0 Å². The number of likely N-dealkylation sites (N-methyl/N-ethyl adjacent to an activating group) is 1. The minimum atomic E-state index is -0.869. The summed E-state index contributed by atoms with van der Waals surface area (Å²) in [6, 6.07) is 5.13. The molecule has 0 radical (unpaired) electrons. The molecule has 0 aliphatic carbocycles. The van der Waals surface area contributed by atoms with E-state index >= 15 is 0 Å². The van der Waals surface area contributed by atoms with Crippen LogP contribution in [0.15, 0.2) is 18.2 Å². The first-order valence-electron chi connectivity index (χ1n) is 5.23. The molecule has 1 atom stereocenters. The first kappa shape index (κ1) is 13.3. The van der Waals surface area contributed by atoms with Gasteiger partial charge in [0.2, 0.25) is 0 Å². The van der Waals surface area contributed by atoms with Gasteiger partial charge in [-0.15, -0.1) is 0 Å². The van der Waals surface area contributed by atoms with Crippen molar-refractivity contribution >= 4 is 5.97 Å². The Kier molecular flexibility index (Phi) is 4.78. The smallest absolute Gasteiger partial charge is 0.312 e. The highest BCUT2D eigenvalue weighted by atomic mass is 16.5. The lowest BCUT2D eigenvalue weighted by atomic mass is 9.99. The van der Waals surface area contributed by atoms with Crippen LogP contribution in [0.2, 0.25) is 0 Å². The molecular weight excluding hydrogens is 222 g/mol. The standard InChI is InChI=1S/C12H17NO4/c1-13-7-9(12(14)15)8-4-5-10(16-2)11(6-8)17-3/h4-6,9,13H,7H2,1-3H3,(H,14,15). The van der Waals surface area contributed by atoms with E-state index in [-0.39, 0.29) is 0 Å². The second-order valence-electron chi connectivity index (χ2n) is 3.56. The zero-order chi connectivity index (χ0) is 12.8. The molecule has 1 aromatic carbocycles. The molecule has 1 aromatic rings. The van der Waals surface area contributed by atoms with Gasteiger partial charge in [0.25, 0.3) is 0 Å². The molecular formula is C12H17NO4. The van der Waals surface area contributed by atoms with Crippen LogP contribution in [0.25, 0.3) is 0 Å². The molecule has 0 aliphatic heterocycles. The molecule has 1 unspecified atom stereocenters. The van der Waals surface area contributed by atoms with Gasteiger partial charge in [-0.3, -0.25) is 4.79 Å². The van der Waals surface area contributed by atoms with Gasteiger partial charge in [0, 0.05) is 6.54 Å². The Morgan fingerprint density at radius 3 is 2.47 bits per heavy atom. The molecule has 0 saturated carbocycles. The van der Waals surface area contributed by atoms with Crippen molar-refractivity contribution in [1.82, 2.24) is 5.32 Å². The van der Waals surface area contributed by atoms with Crippen molar-refractivity contribution in [3.8, 4) is 11.5 Å². The van der Waals surface area contributed by atoms with Crippen LogP contribution < -0.4 is 14.8 Å². The van der Waals surface area contributed by atoms with Crippen molar-refractivity contribution in [2.75, 3.05) is 27.8 Å². The molecule has 1 rings (SSSR count). The van der Waals surface area contributed by atoms with E-state index in [4.69, 9.17) is 14.6 Å². The van der Waals surface area contributed by atoms with E-state index in [2.05, 4.69) is 5.32 Å². The van der Waals surface area contributed by atoms with Crippen LogP contribution in [-0.4, -0.2) is 38.9 Å². The summed E-state index contributed by atoms with van der Waals surface area (Å²) < 4.78 is 10.2. The van der Waals surface area contributed by atoms with Gasteiger partial charge < -0.3 is 19.9 Å². The fourth-order valence-electron chi connectivity index (χ4n) is 1.62. The summed E-state index contributed by atoms with van der Waals surface area (Å²) in [5.41, 5.74) is 0.685. The minimum absolute atomic E-state index is 0.366. The molecule has 0 heterocycles. The van der Waals surface area contributed by atoms with Gasteiger partial charge >= 0.3 is 5.97 Å². The quantitative estimate of drug-likeness (QED) is 0.777. The largest absolute Gasteiger partial charge is 0.493 e. The zero-order valence-electron chi connectivity index (χ0n) is 10.2. The average molecular weight is 239 g/mol. The lowest BCUT2D eigenvalue weighted by molar-refractivity contribution is -0.138. The minimum Gasteiger partial charge on any atom is -0.493 e. The van der Waals surface area contributed by atoms with Crippen LogP contribution >= 0.6 is 0 Å². The first-order chi connectivity index (χ1) is 8.13. The monoisotopic (exact) mass is 239 g/mol. The Morgan fingerprint density at radius 2 is 2.00 bits per heavy atom. The Bertz CT molecular complexity index is 392. The summed E-state index contributed by atoms with van der Waals surface area (Å²) in [6.45, 7) is 0.366. The Hall–Kier alpha value is -1.75. The molecule has 5 nitrogen and oxygen atoms in total. The normalized spacial score (nSPS) is 11.9. The van der Waals surface area contributed by atoms with Crippen LogP contribution in [0.3, 0.4) is 0 Å². The number of nitrogens with one attached hydrogen (secondary N) is 1. The van der Waals surface area contributed by atoms with E-state index in [1.807, 2.05) is 0 Å². The van der Waals surface area contributed by atoms with Crippen LogP contribution in [-0.2, 0) is 4.79 Å². The van der Waals surface area contributed by atoms with Crippen molar-refractivity contribution in [1.29, 1.82) is 0 Å². The van der Waals surface area contributed by atoms with Crippen LogP contribution in [0, 0.1) is 0 Å². The van der Waals surface area contributed by atoms with E-state index in [1.54, 1.807) is 32.4 Å².